The zero-order valence-corrected chi connectivity index (χ0v) is 18.0. The molecule has 0 spiro atoms. The Hall–Kier alpha value is -3.77. The molecule has 0 radical (unpaired) electrons. The molecule has 4 aromatic rings. The molecule has 3 aromatic carbocycles. The summed E-state index contributed by atoms with van der Waals surface area (Å²) in [6.07, 6.45) is 0.252. The van der Waals surface area contributed by atoms with Crippen LogP contribution in [0.15, 0.2) is 72.8 Å². The number of amides is 1. The van der Waals surface area contributed by atoms with Gasteiger partial charge in [0.25, 0.3) is 0 Å². The van der Waals surface area contributed by atoms with Crippen molar-refractivity contribution in [1.29, 1.82) is 0 Å². The Labute approximate surface area is 190 Å². The lowest BCUT2D eigenvalue weighted by atomic mass is 9.84. The summed E-state index contributed by atoms with van der Waals surface area (Å²) >= 11 is 6.12. The fourth-order valence-corrected chi connectivity index (χ4v) is 4.25. The number of phenols is 1. The van der Waals surface area contributed by atoms with Crippen LogP contribution in [0.25, 0.3) is 16.9 Å². The number of halogens is 1. The highest BCUT2D eigenvalue weighted by Gasteiger charge is 2.34. The zero-order valence-electron chi connectivity index (χ0n) is 17.2. The van der Waals surface area contributed by atoms with Gasteiger partial charge in [-0.05, 0) is 42.0 Å². The van der Waals surface area contributed by atoms with Crippen molar-refractivity contribution in [3.63, 3.8) is 0 Å². The number of aromatic hydroxyl groups is 1. The number of nitrogens with one attached hydrogen (secondary N) is 1. The van der Waals surface area contributed by atoms with Crippen LogP contribution in [-0.2, 0) is 4.79 Å². The second-order valence-electron chi connectivity index (χ2n) is 7.60. The number of fused-ring (bicyclic) bond motifs is 1. The minimum atomic E-state index is -0.267. The minimum Gasteiger partial charge on any atom is -0.504 e. The summed E-state index contributed by atoms with van der Waals surface area (Å²) in [4.78, 5) is 12.8. The van der Waals surface area contributed by atoms with Crippen LogP contribution in [0.5, 0.6) is 11.5 Å². The van der Waals surface area contributed by atoms with E-state index in [4.69, 9.17) is 21.4 Å². The number of anilines is 1. The Morgan fingerprint density at radius 2 is 1.84 bits per heavy atom. The molecule has 32 heavy (non-hydrogen) atoms. The molecule has 1 aromatic heterocycles. The van der Waals surface area contributed by atoms with Crippen LogP contribution in [-0.4, -0.2) is 27.9 Å². The average Bonchev–Trinajstić information content (AvgIpc) is 3.19. The van der Waals surface area contributed by atoms with Gasteiger partial charge in [-0.1, -0.05) is 48.0 Å². The van der Waals surface area contributed by atoms with Crippen LogP contribution in [0.4, 0.5) is 5.82 Å². The second-order valence-corrected chi connectivity index (χ2v) is 8.04. The Kier molecular flexibility index (Phi) is 5.07. The molecule has 7 heteroatoms. The monoisotopic (exact) mass is 445 g/mol. The summed E-state index contributed by atoms with van der Waals surface area (Å²) in [5.74, 6) is 0.674. The summed E-state index contributed by atoms with van der Waals surface area (Å²) in [5.41, 5.74) is 4.26. The number of benzene rings is 3. The third-order valence-corrected chi connectivity index (χ3v) is 5.89. The van der Waals surface area contributed by atoms with Gasteiger partial charge in [-0.2, -0.15) is 5.10 Å². The topological polar surface area (TPSA) is 76.4 Å². The largest absolute Gasteiger partial charge is 0.504 e. The summed E-state index contributed by atoms with van der Waals surface area (Å²) in [6.45, 7) is 0. The molecule has 5 rings (SSSR count). The molecule has 1 atom stereocenters. The number of aromatic nitrogens is 2. The van der Waals surface area contributed by atoms with E-state index in [2.05, 4.69) is 5.32 Å². The van der Waals surface area contributed by atoms with Gasteiger partial charge in [-0.15, -0.1) is 0 Å². The van der Waals surface area contributed by atoms with E-state index < -0.39 is 0 Å². The van der Waals surface area contributed by atoms with Crippen molar-refractivity contribution in [2.24, 2.45) is 0 Å². The van der Waals surface area contributed by atoms with Crippen LogP contribution in [0.3, 0.4) is 0 Å². The van der Waals surface area contributed by atoms with Crippen molar-refractivity contribution in [3.8, 4) is 28.4 Å². The highest BCUT2D eigenvalue weighted by molar-refractivity contribution is 6.30. The molecule has 2 heterocycles. The van der Waals surface area contributed by atoms with Crippen LogP contribution < -0.4 is 10.1 Å². The van der Waals surface area contributed by atoms with E-state index in [1.54, 1.807) is 16.8 Å². The van der Waals surface area contributed by atoms with Crippen molar-refractivity contribution >= 4 is 23.3 Å². The Balaban J connectivity index is 1.76. The molecule has 1 aliphatic rings. The van der Waals surface area contributed by atoms with Gasteiger partial charge in [-0.3, -0.25) is 4.79 Å². The van der Waals surface area contributed by atoms with Crippen LogP contribution in [0, 0.1) is 0 Å². The van der Waals surface area contributed by atoms with Gasteiger partial charge in [0, 0.05) is 28.5 Å². The first-order valence-corrected chi connectivity index (χ1v) is 10.5. The number of carbonyl (C=O) groups is 1. The maximum absolute atomic E-state index is 12.8. The van der Waals surface area contributed by atoms with Gasteiger partial charge in [0.15, 0.2) is 11.5 Å². The van der Waals surface area contributed by atoms with Gasteiger partial charge >= 0.3 is 0 Å². The Bertz CT molecular complexity index is 1300. The first kappa shape index (κ1) is 20.2. The summed E-state index contributed by atoms with van der Waals surface area (Å²) in [7, 11) is 1.50. The number of phenolic OH excluding ortho intramolecular Hbond substituents is 1. The molecule has 2 N–H and O–H groups in total. The number of hydrogen-bond acceptors (Lipinski definition) is 4. The summed E-state index contributed by atoms with van der Waals surface area (Å²) < 4.78 is 7.07. The van der Waals surface area contributed by atoms with E-state index in [9.17, 15) is 9.90 Å². The summed E-state index contributed by atoms with van der Waals surface area (Å²) in [6, 6.07) is 22.3. The highest BCUT2D eigenvalue weighted by Crippen LogP contribution is 2.45. The van der Waals surface area contributed by atoms with E-state index in [-0.39, 0.29) is 24.0 Å². The third kappa shape index (κ3) is 3.48. The number of nitrogens with zero attached hydrogens (tertiary/aromatic N) is 2. The number of carbonyl (C=O) groups excluding carboxylic acids is 1. The molecule has 0 unspecified atom stereocenters. The normalized spacial score (nSPS) is 15.2. The Morgan fingerprint density at radius 3 is 2.56 bits per heavy atom. The summed E-state index contributed by atoms with van der Waals surface area (Å²) in [5, 5.41) is 18.6. The molecule has 0 aliphatic carbocycles. The maximum Gasteiger partial charge on any atom is 0.226 e. The number of para-hydroxylation sites is 1. The number of ether oxygens (including phenoxy) is 1. The van der Waals surface area contributed by atoms with Crippen molar-refractivity contribution < 1.29 is 14.6 Å². The van der Waals surface area contributed by atoms with Gasteiger partial charge < -0.3 is 15.2 Å². The maximum atomic E-state index is 12.8. The molecular formula is C25H20ClN3O3. The number of methoxy groups -OCH3 is 1. The van der Waals surface area contributed by atoms with Crippen molar-refractivity contribution in [2.45, 2.75) is 12.3 Å². The standard InChI is InChI=1S/C25H20ClN3O3/c1-32-21-13-16(9-12-20(21)30)19-14-22(31)27-25-23(19)24(15-7-10-17(26)11-8-15)28-29(25)18-5-3-2-4-6-18/h2-13,19,30H,14H2,1H3,(H,27,31)/t19-/m1/s1. The SMILES string of the molecule is COc1cc([C@H]2CC(=O)Nc3c2c(-c2ccc(Cl)cc2)nn3-c2ccccc2)ccc1O. The van der Waals surface area contributed by atoms with Crippen molar-refractivity contribution in [2.75, 3.05) is 12.4 Å². The average molecular weight is 446 g/mol. The van der Waals surface area contributed by atoms with Crippen molar-refractivity contribution in [3.05, 3.63) is 88.9 Å². The molecule has 0 saturated carbocycles. The molecule has 0 saturated heterocycles. The fourth-order valence-electron chi connectivity index (χ4n) is 4.12. The Morgan fingerprint density at radius 1 is 1.09 bits per heavy atom. The third-order valence-electron chi connectivity index (χ3n) is 5.64. The minimum absolute atomic E-state index is 0.0506. The van der Waals surface area contributed by atoms with Gasteiger partial charge in [0.1, 0.15) is 5.82 Å². The lowest BCUT2D eigenvalue weighted by molar-refractivity contribution is -0.116. The quantitative estimate of drug-likeness (QED) is 0.442. The molecule has 1 amide bonds. The predicted octanol–water partition coefficient (Wildman–Crippen LogP) is 5.38. The van der Waals surface area contributed by atoms with Gasteiger partial charge in [0.05, 0.1) is 18.5 Å². The lowest BCUT2D eigenvalue weighted by Crippen LogP contribution is -2.24. The van der Waals surface area contributed by atoms with Crippen LogP contribution >= 0.6 is 11.6 Å². The molecular weight excluding hydrogens is 426 g/mol. The predicted molar refractivity (Wildman–Crippen MR) is 124 cm³/mol. The number of rotatable bonds is 4. The highest BCUT2D eigenvalue weighted by atomic mass is 35.5. The smallest absolute Gasteiger partial charge is 0.226 e. The first-order valence-electron chi connectivity index (χ1n) is 10.2. The molecule has 6 nitrogen and oxygen atoms in total. The van der Waals surface area contributed by atoms with Crippen LogP contribution in [0.2, 0.25) is 5.02 Å². The lowest BCUT2D eigenvalue weighted by Gasteiger charge is -2.25. The van der Waals surface area contributed by atoms with E-state index >= 15 is 0 Å². The van der Waals surface area contributed by atoms with E-state index in [1.165, 1.54) is 7.11 Å². The van der Waals surface area contributed by atoms with E-state index in [0.717, 1.165) is 28.1 Å². The first-order chi connectivity index (χ1) is 15.5. The fraction of sp³-hybridized carbons (Fsp3) is 0.120. The zero-order chi connectivity index (χ0) is 22.2. The second kappa shape index (κ2) is 8.05. The van der Waals surface area contributed by atoms with Crippen molar-refractivity contribution in [1.82, 2.24) is 9.78 Å². The molecule has 1 aliphatic heterocycles. The van der Waals surface area contributed by atoms with Gasteiger partial charge in [0.2, 0.25) is 5.91 Å². The van der Waals surface area contributed by atoms with Gasteiger partial charge in [-0.25, -0.2) is 4.68 Å². The molecule has 0 bridgehead atoms. The van der Waals surface area contributed by atoms with E-state index in [0.29, 0.717) is 16.6 Å². The molecule has 160 valence electrons. The number of hydrogen-bond donors (Lipinski definition) is 2. The van der Waals surface area contributed by atoms with E-state index in [1.807, 2.05) is 60.7 Å². The van der Waals surface area contributed by atoms with Crippen LogP contribution in [0.1, 0.15) is 23.5 Å². The molecule has 0 fully saturated rings.